The molecule has 0 aliphatic heterocycles. The summed E-state index contributed by atoms with van der Waals surface area (Å²) in [4.78, 5) is 0. The fraction of sp³-hybridized carbons (Fsp3) is 0.308. The van der Waals surface area contributed by atoms with Crippen LogP contribution in [0.15, 0.2) is 91.0 Å². The van der Waals surface area contributed by atoms with E-state index >= 15 is 0 Å². The largest absolute Gasteiger partial charge is 0.147 e. The van der Waals surface area contributed by atoms with E-state index in [1.165, 1.54) is 42.1 Å². The Kier molecular flexibility index (Phi) is 9.76. The van der Waals surface area contributed by atoms with Crippen molar-refractivity contribution in [1.29, 1.82) is 0 Å². The summed E-state index contributed by atoms with van der Waals surface area (Å²) in [7, 11) is 2.88. The molecular formula is C26H32ClP. The van der Waals surface area contributed by atoms with E-state index in [0.29, 0.717) is 0 Å². The number of unbranched alkanes of at least 4 members (excludes halogenated alkanes) is 1. The molecule has 0 fully saturated rings. The van der Waals surface area contributed by atoms with Gasteiger partial charge in [-0.3, -0.25) is 0 Å². The molecule has 2 heteroatoms. The van der Waals surface area contributed by atoms with Gasteiger partial charge in [0.2, 0.25) is 0 Å². The average Bonchev–Trinajstić information content (AvgIpc) is 2.70. The maximum Gasteiger partial charge on any atom is -0.0176 e. The SMILES string of the molecule is Cl.PCCCCC(Cc1ccccc1)(Cc1ccccc1)Cc1ccccc1. The number of rotatable bonds is 10. The Balaban J connectivity index is 0.00000280. The summed E-state index contributed by atoms with van der Waals surface area (Å²) >= 11 is 0. The molecule has 0 aliphatic carbocycles. The molecule has 148 valence electrons. The van der Waals surface area contributed by atoms with E-state index in [0.717, 1.165) is 19.3 Å². The summed E-state index contributed by atoms with van der Waals surface area (Å²) in [5.74, 6) is 0. The standard InChI is InChI=1S/C26H31P.ClH/c27-19-11-10-18-26(20-23-12-4-1-5-13-23,21-24-14-6-2-7-15-24)22-25-16-8-3-9-17-25;/h1-9,12-17H,10-11,18-22,27H2;1H. The second kappa shape index (κ2) is 12.1. The van der Waals surface area contributed by atoms with E-state index in [9.17, 15) is 0 Å². The van der Waals surface area contributed by atoms with Gasteiger partial charge in [-0.1, -0.05) is 97.4 Å². The second-order valence-electron chi connectivity index (χ2n) is 7.73. The zero-order valence-corrected chi connectivity index (χ0v) is 18.6. The van der Waals surface area contributed by atoms with Crippen molar-refractivity contribution in [3.8, 4) is 0 Å². The summed E-state index contributed by atoms with van der Waals surface area (Å²) in [6.07, 6.45) is 8.43. The van der Waals surface area contributed by atoms with E-state index in [-0.39, 0.29) is 17.8 Å². The van der Waals surface area contributed by atoms with E-state index in [2.05, 4.69) is 100 Å². The third-order valence-corrected chi connectivity index (χ3v) is 5.84. The Labute approximate surface area is 179 Å². The zero-order chi connectivity index (χ0) is 18.8. The van der Waals surface area contributed by atoms with Crippen molar-refractivity contribution >= 4 is 21.6 Å². The molecule has 0 radical (unpaired) electrons. The van der Waals surface area contributed by atoms with Crippen molar-refractivity contribution < 1.29 is 0 Å². The predicted octanol–water partition coefficient (Wildman–Crippen LogP) is 7.17. The fourth-order valence-corrected chi connectivity index (χ4v) is 4.47. The molecule has 3 rings (SSSR count). The zero-order valence-electron chi connectivity index (χ0n) is 16.6. The summed E-state index contributed by atoms with van der Waals surface area (Å²) in [5, 5.41) is 0. The Morgan fingerprint density at radius 2 is 0.893 bits per heavy atom. The molecular weight excluding hydrogens is 379 g/mol. The summed E-state index contributed by atoms with van der Waals surface area (Å²) in [5.41, 5.74) is 4.62. The lowest BCUT2D eigenvalue weighted by Crippen LogP contribution is -2.30. The average molecular weight is 411 g/mol. The van der Waals surface area contributed by atoms with E-state index in [1.54, 1.807) is 0 Å². The first kappa shape index (κ1) is 22.7. The molecule has 1 atom stereocenters. The van der Waals surface area contributed by atoms with Crippen LogP contribution in [0.1, 0.15) is 36.0 Å². The third kappa shape index (κ3) is 7.08. The van der Waals surface area contributed by atoms with Crippen molar-refractivity contribution in [2.75, 3.05) is 6.16 Å². The maximum atomic E-state index is 2.88. The van der Waals surface area contributed by atoms with E-state index < -0.39 is 0 Å². The minimum absolute atomic E-state index is 0. The van der Waals surface area contributed by atoms with Gasteiger partial charge >= 0.3 is 0 Å². The molecule has 3 aromatic carbocycles. The minimum atomic E-state index is 0. The molecule has 0 N–H and O–H groups in total. The molecule has 3 aromatic rings. The van der Waals surface area contributed by atoms with Gasteiger partial charge in [-0.25, -0.2) is 0 Å². The summed E-state index contributed by atoms with van der Waals surface area (Å²) in [6, 6.07) is 33.2. The number of halogens is 1. The van der Waals surface area contributed by atoms with Gasteiger partial charge in [-0.15, -0.1) is 21.6 Å². The molecule has 1 unspecified atom stereocenters. The lowest BCUT2D eigenvalue weighted by molar-refractivity contribution is 0.246. The molecule has 0 amide bonds. The van der Waals surface area contributed by atoms with Crippen molar-refractivity contribution in [3.05, 3.63) is 108 Å². The van der Waals surface area contributed by atoms with Gasteiger partial charge in [0, 0.05) is 0 Å². The minimum Gasteiger partial charge on any atom is -0.147 e. The first-order chi connectivity index (χ1) is 13.3. The second-order valence-corrected chi connectivity index (χ2v) is 8.31. The van der Waals surface area contributed by atoms with Crippen LogP contribution >= 0.6 is 21.6 Å². The van der Waals surface area contributed by atoms with Gasteiger partial charge in [0.1, 0.15) is 0 Å². The first-order valence-corrected chi connectivity index (χ1v) is 10.9. The van der Waals surface area contributed by atoms with Crippen LogP contribution < -0.4 is 0 Å². The highest BCUT2D eigenvalue weighted by Crippen LogP contribution is 2.37. The molecule has 0 bridgehead atoms. The van der Waals surface area contributed by atoms with E-state index in [1.807, 2.05) is 0 Å². The van der Waals surface area contributed by atoms with Crippen LogP contribution in [-0.2, 0) is 19.3 Å². The van der Waals surface area contributed by atoms with Crippen LogP contribution in [0.2, 0.25) is 0 Å². The first-order valence-electron chi connectivity index (χ1n) is 10.1. The normalized spacial score (nSPS) is 11.0. The van der Waals surface area contributed by atoms with Gasteiger partial charge in [0.05, 0.1) is 0 Å². The van der Waals surface area contributed by atoms with Gasteiger partial charge in [-0.2, -0.15) is 0 Å². The quantitative estimate of drug-likeness (QED) is 0.245. The van der Waals surface area contributed by atoms with Crippen molar-refractivity contribution in [2.24, 2.45) is 5.41 Å². The number of hydrogen-bond donors (Lipinski definition) is 0. The molecule has 0 aliphatic rings. The number of benzene rings is 3. The molecule has 0 saturated heterocycles. The summed E-state index contributed by atoms with van der Waals surface area (Å²) < 4.78 is 0. The van der Waals surface area contributed by atoms with Crippen LogP contribution in [0.25, 0.3) is 0 Å². The van der Waals surface area contributed by atoms with Crippen LogP contribution in [0.5, 0.6) is 0 Å². The lowest BCUT2D eigenvalue weighted by Gasteiger charge is -2.35. The van der Waals surface area contributed by atoms with Gasteiger partial charge in [-0.05, 0) is 60.4 Å². The smallest absolute Gasteiger partial charge is 0.0176 e. The Hall–Kier alpha value is -1.62. The molecule has 0 saturated carbocycles. The number of hydrogen-bond acceptors (Lipinski definition) is 0. The fourth-order valence-electron chi connectivity index (χ4n) is 4.18. The molecule has 0 spiro atoms. The highest BCUT2D eigenvalue weighted by atomic mass is 35.5. The predicted molar refractivity (Wildman–Crippen MR) is 129 cm³/mol. The van der Waals surface area contributed by atoms with Crippen LogP contribution in [-0.4, -0.2) is 6.16 Å². The van der Waals surface area contributed by atoms with Crippen molar-refractivity contribution in [1.82, 2.24) is 0 Å². The van der Waals surface area contributed by atoms with Crippen LogP contribution in [0.3, 0.4) is 0 Å². The molecule has 0 heterocycles. The lowest BCUT2D eigenvalue weighted by atomic mass is 9.69. The van der Waals surface area contributed by atoms with Gasteiger partial charge < -0.3 is 0 Å². The highest BCUT2D eigenvalue weighted by Gasteiger charge is 2.30. The van der Waals surface area contributed by atoms with Crippen LogP contribution in [0, 0.1) is 5.41 Å². The van der Waals surface area contributed by atoms with Crippen LogP contribution in [0.4, 0.5) is 0 Å². The Morgan fingerprint density at radius 3 is 1.21 bits per heavy atom. The molecule has 0 nitrogen and oxygen atoms in total. The third-order valence-electron chi connectivity index (χ3n) is 5.43. The van der Waals surface area contributed by atoms with Gasteiger partial charge in [0.25, 0.3) is 0 Å². The van der Waals surface area contributed by atoms with Crippen molar-refractivity contribution in [2.45, 2.75) is 38.5 Å². The highest BCUT2D eigenvalue weighted by molar-refractivity contribution is 7.16. The topological polar surface area (TPSA) is 0 Å². The van der Waals surface area contributed by atoms with E-state index in [4.69, 9.17) is 0 Å². The monoisotopic (exact) mass is 410 g/mol. The van der Waals surface area contributed by atoms with Crippen molar-refractivity contribution in [3.63, 3.8) is 0 Å². The van der Waals surface area contributed by atoms with Gasteiger partial charge in [0.15, 0.2) is 0 Å². The summed E-state index contributed by atoms with van der Waals surface area (Å²) in [6.45, 7) is 0. The molecule has 0 aromatic heterocycles. The maximum absolute atomic E-state index is 2.88. The Bertz CT molecular complexity index is 670. The Morgan fingerprint density at radius 1 is 0.536 bits per heavy atom. The molecule has 28 heavy (non-hydrogen) atoms.